The molecule has 0 spiro atoms. The first-order valence-electron chi connectivity index (χ1n) is 6.64. The maximum atomic E-state index is 12.3. The molecular weight excluding hydrogens is 299 g/mol. The van der Waals surface area contributed by atoms with Crippen molar-refractivity contribution in [2.75, 3.05) is 13.1 Å². The fraction of sp³-hybridized carbons (Fsp3) is 0.500. The molecule has 20 heavy (non-hydrogen) atoms. The van der Waals surface area contributed by atoms with E-state index in [0.29, 0.717) is 28.9 Å². The van der Waals surface area contributed by atoms with Gasteiger partial charge in [-0.3, -0.25) is 4.79 Å². The third-order valence-electron chi connectivity index (χ3n) is 3.42. The fourth-order valence-corrected chi connectivity index (χ4v) is 2.53. The van der Waals surface area contributed by atoms with Crippen molar-refractivity contribution < 1.29 is 9.53 Å². The van der Waals surface area contributed by atoms with Gasteiger partial charge in [-0.2, -0.15) is 0 Å². The van der Waals surface area contributed by atoms with Crippen molar-refractivity contribution >= 4 is 29.1 Å². The number of carbonyl (C=O) groups is 1. The molecule has 0 saturated carbocycles. The summed E-state index contributed by atoms with van der Waals surface area (Å²) in [5, 5.41) is 0.738. The van der Waals surface area contributed by atoms with Crippen molar-refractivity contribution in [2.24, 2.45) is 5.73 Å². The highest BCUT2D eigenvalue weighted by atomic mass is 35.5. The number of hydrogen-bond acceptors (Lipinski definition) is 3. The summed E-state index contributed by atoms with van der Waals surface area (Å²) in [4.78, 5) is 14.1. The number of amides is 1. The third kappa shape index (κ3) is 3.57. The lowest BCUT2D eigenvalue weighted by Crippen LogP contribution is -2.47. The van der Waals surface area contributed by atoms with Crippen molar-refractivity contribution in [1.29, 1.82) is 0 Å². The molecule has 1 aromatic carbocycles. The number of benzene rings is 1. The Morgan fingerprint density at radius 1 is 1.40 bits per heavy atom. The molecule has 0 bridgehead atoms. The molecule has 110 valence electrons. The maximum absolute atomic E-state index is 12.3. The monoisotopic (exact) mass is 316 g/mol. The minimum atomic E-state index is -0.597. The normalized spacial score (nSPS) is 17.9. The Bertz CT molecular complexity index is 488. The number of ether oxygens (including phenoxy) is 1. The van der Waals surface area contributed by atoms with E-state index in [1.807, 2.05) is 0 Å². The van der Waals surface area contributed by atoms with Gasteiger partial charge in [-0.25, -0.2) is 0 Å². The molecule has 1 heterocycles. The molecule has 2 rings (SSSR count). The van der Waals surface area contributed by atoms with Gasteiger partial charge in [-0.05, 0) is 31.9 Å². The molecule has 0 aromatic heterocycles. The summed E-state index contributed by atoms with van der Waals surface area (Å²) < 4.78 is 5.63. The second-order valence-corrected chi connectivity index (χ2v) is 5.76. The first-order chi connectivity index (χ1) is 9.49. The lowest BCUT2D eigenvalue weighted by atomic mass is 10.1. The van der Waals surface area contributed by atoms with Crippen LogP contribution in [0.5, 0.6) is 5.75 Å². The molecule has 0 aliphatic carbocycles. The second kappa shape index (κ2) is 6.66. The number of halogens is 2. The van der Waals surface area contributed by atoms with Crippen LogP contribution in [0.4, 0.5) is 0 Å². The van der Waals surface area contributed by atoms with Crippen LogP contribution in [0, 0.1) is 0 Å². The molecule has 1 fully saturated rings. The Morgan fingerprint density at radius 3 is 2.70 bits per heavy atom. The Balaban J connectivity index is 1.99. The van der Waals surface area contributed by atoms with Crippen LogP contribution < -0.4 is 10.5 Å². The van der Waals surface area contributed by atoms with Crippen LogP contribution in [0.2, 0.25) is 10.0 Å². The van der Waals surface area contributed by atoms with Gasteiger partial charge >= 0.3 is 0 Å². The van der Waals surface area contributed by atoms with Crippen LogP contribution in [0.1, 0.15) is 19.8 Å². The zero-order chi connectivity index (χ0) is 14.7. The number of nitrogens with two attached hydrogens (primary N) is 1. The maximum Gasteiger partial charge on any atom is 0.263 e. The summed E-state index contributed by atoms with van der Waals surface area (Å²) in [6.45, 7) is 3.07. The largest absolute Gasteiger partial charge is 0.479 e. The highest BCUT2D eigenvalue weighted by Crippen LogP contribution is 2.32. The molecule has 4 nitrogen and oxygen atoms in total. The van der Waals surface area contributed by atoms with Crippen LogP contribution in [0.3, 0.4) is 0 Å². The molecule has 1 aromatic rings. The van der Waals surface area contributed by atoms with E-state index in [1.165, 1.54) is 0 Å². The third-order valence-corrected chi connectivity index (χ3v) is 4.22. The Morgan fingerprint density at radius 2 is 2.05 bits per heavy atom. The van der Waals surface area contributed by atoms with Crippen molar-refractivity contribution in [3.8, 4) is 5.75 Å². The second-order valence-electron chi connectivity index (χ2n) is 4.97. The zero-order valence-corrected chi connectivity index (χ0v) is 12.8. The van der Waals surface area contributed by atoms with Crippen LogP contribution in [0.15, 0.2) is 18.2 Å². The SMILES string of the molecule is CC(Oc1cccc(Cl)c1Cl)C(=O)N1CCC(N)CC1. The first kappa shape index (κ1) is 15.4. The van der Waals surface area contributed by atoms with Gasteiger partial charge in [0.25, 0.3) is 5.91 Å². The predicted octanol–water partition coefficient (Wildman–Crippen LogP) is 2.71. The van der Waals surface area contributed by atoms with E-state index in [4.69, 9.17) is 33.7 Å². The van der Waals surface area contributed by atoms with Crippen LogP contribution in [-0.2, 0) is 4.79 Å². The van der Waals surface area contributed by atoms with Gasteiger partial charge < -0.3 is 15.4 Å². The average Bonchev–Trinajstić information content (AvgIpc) is 2.44. The minimum absolute atomic E-state index is 0.0482. The van der Waals surface area contributed by atoms with Gasteiger partial charge in [-0.1, -0.05) is 29.3 Å². The summed E-state index contributed by atoms with van der Waals surface area (Å²) in [5.41, 5.74) is 5.83. The molecule has 1 aliphatic heterocycles. The number of rotatable bonds is 3. The minimum Gasteiger partial charge on any atom is -0.479 e. The van der Waals surface area contributed by atoms with E-state index in [9.17, 15) is 4.79 Å². The highest BCUT2D eigenvalue weighted by Gasteiger charge is 2.26. The highest BCUT2D eigenvalue weighted by molar-refractivity contribution is 6.42. The lowest BCUT2D eigenvalue weighted by Gasteiger charge is -2.32. The van der Waals surface area contributed by atoms with Crippen molar-refractivity contribution in [1.82, 2.24) is 4.90 Å². The molecular formula is C14H18Cl2N2O2. The van der Waals surface area contributed by atoms with E-state index >= 15 is 0 Å². The summed E-state index contributed by atoms with van der Waals surface area (Å²) in [7, 11) is 0. The van der Waals surface area contributed by atoms with Crippen LogP contribution >= 0.6 is 23.2 Å². The smallest absolute Gasteiger partial charge is 0.263 e. The topological polar surface area (TPSA) is 55.6 Å². The van der Waals surface area contributed by atoms with Gasteiger partial charge in [-0.15, -0.1) is 0 Å². The Labute approximate surface area is 128 Å². The molecule has 1 unspecified atom stereocenters. The lowest BCUT2D eigenvalue weighted by molar-refractivity contribution is -0.139. The Kier molecular flexibility index (Phi) is 5.13. The number of likely N-dealkylation sites (tertiary alicyclic amines) is 1. The van der Waals surface area contributed by atoms with Gasteiger partial charge in [0, 0.05) is 19.1 Å². The fourth-order valence-electron chi connectivity index (χ4n) is 2.19. The zero-order valence-electron chi connectivity index (χ0n) is 11.3. The quantitative estimate of drug-likeness (QED) is 0.932. The van der Waals surface area contributed by atoms with Crippen molar-refractivity contribution in [3.05, 3.63) is 28.2 Å². The summed E-state index contributed by atoms with van der Waals surface area (Å²) >= 11 is 12.0. The van der Waals surface area contributed by atoms with Gasteiger partial charge in [0.05, 0.1) is 5.02 Å². The molecule has 0 radical (unpaired) electrons. The van der Waals surface area contributed by atoms with Crippen molar-refractivity contribution in [2.45, 2.75) is 31.9 Å². The Hall–Kier alpha value is -0.970. The molecule has 6 heteroatoms. The number of piperidine rings is 1. The van der Waals surface area contributed by atoms with Crippen LogP contribution in [-0.4, -0.2) is 36.0 Å². The summed E-state index contributed by atoms with van der Waals surface area (Å²) in [6, 6.07) is 5.30. The van der Waals surface area contributed by atoms with E-state index < -0.39 is 6.10 Å². The first-order valence-corrected chi connectivity index (χ1v) is 7.39. The van der Waals surface area contributed by atoms with Crippen molar-refractivity contribution in [3.63, 3.8) is 0 Å². The molecule has 2 N–H and O–H groups in total. The molecule has 1 atom stereocenters. The standard InChI is InChI=1S/C14H18Cl2N2O2/c1-9(14(19)18-7-5-10(17)6-8-18)20-12-4-2-3-11(15)13(12)16/h2-4,9-10H,5-8,17H2,1H3. The van der Waals surface area contributed by atoms with Gasteiger partial charge in [0.2, 0.25) is 0 Å². The number of hydrogen-bond donors (Lipinski definition) is 1. The van der Waals surface area contributed by atoms with Gasteiger partial charge in [0.15, 0.2) is 6.10 Å². The summed E-state index contributed by atoms with van der Waals surface area (Å²) in [6.07, 6.45) is 1.06. The molecule has 1 aliphatic rings. The number of carbonyl (C=O) groups excluding carboxylic acids is 1. The van der Waals surface area contributed by atoms with E-state index in [2.05, 4.69) is 0 Å². The number of nitrogens with zero attached hydrogens (tertiary/aromatic N) is 1. The van der Waals surface area contributed by atoms with Crippen LogP contribution in [0.25, 0.3) is 0 Å². The van der Waals surface area contributed by atoms with E-state index in [1.54, 1.807) is 30.0 Å². The predicted molar refractivity (Wildman–Crippen MR) is 80.3 cm³/mol. The van der Waals surface area contributed by atoms with E-state index in [0.717, 1.165) is 12.8 Å². The molecule has 1 saturated heterocycles. The van der Waals surface area contributed by atoms with E-state index in [-0.39, 0.29) is 11.9 Å². The average molecular weight is 317 g/mol. The molecule has 1 amide bonds. The summed E-state index contributed by atoms with van der Waals surface area (Å²) in [5.74, 6) is 0.377. The van der Waals surface area contributed by atoms with Gasteiger partial charge in [0.1, 0.15) is 10.8 Å².